The number of anilines is 1. The maximum atomic E-state index is 15.2. The maximum absolute atomic E-state index is 15.2. The molecule has 7 nitrogen and oxygen atoms in total. The van der Waals surface area contributed by atoms with Crippen LogP contribution in [0.5, 0.6) is 11.5 Å². The van der Waals surface area contributed by atoms with Gasteiger partial charge in [-0.25, -0.2) is 19.0 Å². The zero-order valence-corrected chi connectivity index (χ0v) is 19.2. The summed E-state index contributed by atoms with van der Waals surface area (Å²) in [4.78, 5) is 8.76. The molecule has 3 aromatic carbocycles. The second-order valence-corrected chi connectivity index (χ2v) is 9.00. The van der Waals surface area contributed by atoms with E-state index in [9.17, 15) is 0 Å². The molecule has 3 heterocycles. The third-order valence-electron chi connectivity index (χ3n) is 6.82. The van der Waals surface area contributed by atoms with E-state index >= 15 is 4.39 Å². The summed E-state index contributed by atoms with van der Waals surface area (Å²) in [6.45, 7) is 0. The Hall–Kier alpha value is -4.72. The zero-order valence-electron chi connectivity index (χ0n) is 19.2. The van der Waals surface area contributed by atoms with E-state index in [4.69, 9.17) is 15.6 Å². The zero-order chi connectivity index (χ0) is 24.2. The van der Waals surface area contributed by atoms with Crippen molar-refractivity contribution in [3.8, 4) is 17.3 Å². The first-order chi connectivity index (χ1) is 17.7. The van der Waals surface area contributed by atoms with Crippen molar-refractivity contribution >= 4 is 27.8 Å². The van der Waals surface area contributed by atoms with Crippen LogP contribution < -0.4 is 10.5 Å². The fourth-order valence-corrected chi connectivity index (χ4v) is 5.12. The van der Waals surface area contributed by atoms with Crippen LogP contribution in [0.1, 0.15) is 17.2 Å². The average Bonchev–Trinajstić information content (AvgIpc) is 3.60. The summed E-state index contributed by atoms with van der Waals surface area (Å²) in [5.74, 6) is 1.18. The standard InChI is InChI=1S/C28H21FN6O/c29-22-15-23-19(14-24(22)36-21-8-2-1-3-9-21)10-11-34(23)28-25-26(30)31-16-32-27(25)35(33-28)20-12-17-6-4-5-7-18(17)13-20/h1-11,14-16,20H,12-13H2,(H2,30,31,32). The molecule has 0 unspecified atom stereocenters. The van der Waals surface area contributed by atoms with E-state index in [0.29, 0.717) is 33.9 Å². The van der Waals surface area contributed by atoms with Crippen molar-refractivity contribution in [1.82, 2.24) is 24.3 Å². The van der Waals surface area contributed by atoms with Crippen LogP contribution in [0.3, 0.4) is 0 Å². The molecule has 2 N–H and O–H groups in total. The van der Waals surface area contributed by atoms with Crippen LogP contribution in [0.4, 0.5) is 10.2 Å². The van der Waals surface area contributed by atoms with E-state index < -0.39 is 5.82 Å². The van der Waals surface area contributed by atoms with Crippen molar-refractivity contribution in [2.75, 3.05) is 5.73 Å². The molecule has 0 bridgehead atoms. The molecular weight excluding hydrogens is 455 g/mol. The van der Waals surface area contributed by atoms with Gasteiger partial charge in [-0.2, -0.15) is 5.10 Å². The molecule has 0 saturated heterocycles. The van der Waals surface area contributed by atoms with E-state index in [1.807, 2.05) is 39.7 Å². The molecule has 0 amide bonds. The summed E-state index contributed by atoms with van der Waals surface area (Å²) >= 11 is 0. The topological polar surface area (TPSA) is 83.8 Å². The first-order valence-corrected chi connectivity index (χ1v) is 11.7. The molecule has 1 aliphatic carbocycles. The van der Waals surface area contributed by atoms with Crippen LogP contribution >= 0.6 is 0 Å². The Labute approximate surface area is 205 Å². The van der Waals surface area contributed by atoms with Gasteiger partial charge in [-0.15, -0.1) is 0 Å². The number of para-hydroxylation sites is 1. The highest BCUT2D eigenvalue weighted by Crippen LogP contribution is 2.36. The first-order valence-electron chi connectivity index (χ1n) is 11.7. The Morgan fingerprint density at radius 2 is 1.67 bits per heavy atom. The molecule has 0 spiro atoms. The van der Waals surface area contributed by atoms with Gasteiger partial charge >= 0.3 is 0 Å². The van der Waals surface area contributed by atoms with Crippen LogP contribution in [-0.4, -0.2) is 24.3 Å². The number of fused-ring (bicyclic) bond motifs is 3. The molecule has 0 fully saturated rings. The van der Waals surface area contributed by atoms with Crippen molar-refractivity contribution in [1.29, 1.82) is 0 Å². The van der Waals surface area contributed by atoms with Crippen LogP contribution in [0, 0.1) is 5.82 Å². The molecule has 6 aromatic rings. The molecule has 7 rings (SSSR count). The largest absolute Gasteiger partial charge is 0.454 e. The van der Waals surface area contributed by atoms with Gasteiger partial charge in [0.15, 0.2) is 23.0 Å². The smallest absolute Gasteiger partial charge is 0.172 e. The average molecular weight is 477 g/mol. The van der Waals surface area contributed by atoms with Gasteiger partial charge in [-0.05, 0) is 48.2 Å². The summed E-state index contributed by atoms with van der Waals surface area (Å²) in [5.41, 5.74) is 10.3. The van der Waals surface area contributed by atoms with Crippen LogP contribution in [-0.2, 0) is 12.8 Å². The highest BCUT2D eigenvalue weighted by atomic mass is 19.1. The summed E-state index contributed by atoms with van der Waals surface area (Å²) in [6.07, 6.45) is 5.04. The number of benzene rings is 3. The van der Waals surface area contributed by atoms with Crippen LogP contribution in [0.25, 0.3) is 27.8 Å². The molecule has 36 heavy (non-hydrogen) atoms. The number of nitrogens with two attached hydrogens (primary N) is 1. The van der Waals surface area contributed by atoms with Gasteiger partial charge in [-0.1, -0.05) is 42.5 Å². The van der Waals surface area contributed by atoms with Crippen molar-refractivity contribution in [2.45, 2.75) is 18.9 Å². The first kappa shape index (κ1) is 20.6. The van der Waals surface area contributed by atoms with Gasteiger partial charge in [0, 0.05) is 17.6 Å². The minimum Gasteiger partial charge on any atom is -0.454 e. The Kier molecular flexibility index (Phi) is 4.54. The Bertz CT molecular complexity index is 1730. The Balaban J connectivity index is 1.35. The lowest BCUT2D eigenvalue weighted by Gasteiger charge is -2.10. The SMILES string of the molecule is Nc1ncnc2c1c(-n1ccc3cc(Oc4ccccc4)c(F)cc31)nn2C1Cc2ccccc2C1. The highest BCUT2D eigenvalue weighted by Gasteiger charge is 2.28. The Morgan fingerprint density at radius 3 is 2.44 bits per heavy atom. The molecule has 176 valence electrons. The molecular formula is C28H21FN6O. The van der Waals surface area contributed by atoms with Gasteiger partial charge in [0.25, 0.3) is 0 Å². The lowest BCUT2D eigenvalue weighted by molar-refractivity contribution is 0.443. The molecule has 3 aromatic heterocycles. The number of hydrogen-bond donors (Lipinski definition) is 1. The third kappa shape index (κ3) is 3.22. The number of rotatable bonds is 4. The van der Waals surface area contributed by atoms with Crippen molar-refractivity contribution in [3.05, 3.63) is 102 Å². The minimum atomic E-state index is -0.467. The fourth-order valence-electron chi connectivity index (χ4n) is 5.12. The maximum Gasteiger partial charge on any atom is 0.172 e. The molecule has 0 saturated carbocycles. The number of hydrogen-bond acceptors (Lipinski definition) is 5. The summed E-state index contributed by atoms with van der Waals surface area (Å²) < 4.78 is 24.7. The predicted octanol–water partition coefficient (Wildman–Crippen LogP) is 5.62. The predicted molar refractivity (Wildman–Crippen MR) is 136 cm³/mol. The molecule has 8 heteroatoms. The number of aromatic nitrogens is 5. The lowest BCUT2D eigenvalue weighted by atomic mass is 10.1. The molecule has 0 aliphatic heterocycles. The van der Waals surface area contributed by atoms with Crippen LogP contribution in [0.15, 0.2) is 85.3 Å². The quantitative estimate of drug-likeness (QED) is 0.357. The highest BCUT2D eigenvalue weighted by molar-refractivity contribution is 5.95. The summed E-state index contributed by atoms with van der Waals surface area (Å²) in [5, 5.41) is 6.43. The Morgan fingerprint density at radius 1 is 0.917 bits per heavy atom. The molecule has 0 atom stereocenters. The van der Waals surface area contributed by atoms with Crippen molar-refractivity contribution < 1.29 is 9.13 Å². The molecule has 1 aliphatic rings. The lowest BCUT2D eigenvalue weighted by Crippen LogP contribution is -2.12. The second kappa shape index (κ2) is 7.91. The van der Waals surface area contributed by atoms with E-state index in [1.54, 1.807) is 18.2 Å². The van der Waals surface area contributed by atoms with Gasteiger partial charge in [0.05, 0.1) is 11.6 Å². The molecule has 0 radical (unpaired) electrons. The van der Waals surface area contributed by atoms with Crippen molar-refractivity contribution in [2.24, 2.45) is 0 Å². The summed E-state index contributed by atoms with van der Waals surface area (Å²) in [7, 11) is 0. The number of nitrogen functional groups attached to an aromatic ring is 1. The van der Waals surface area contributed by atoms with Gasteiger partial charge in [0.1, 0.15) is 23.3 Å². The van der Waals surface area contributed by atoms with E-state index in [-0.39, 0.29) is 11.8 Å². The normalized spacial score (nSPS) is 13.5. The van der Waals surface area contributed by atoms with E-state index in [1.165, 1.54) is 23.5 Å². The van der Waals surface area contributed by atoms with E-state index in [0.717, 1.165) is 18.2 Å². The minimum absolute atomic E-state index is 0.109. The summed E-state index contributed by atoms with van der Waals surface area (Å²) in [6, 6.07) is 22.8. The number of halogens is 1. The van der Waals surface area contributed by atoms with Gasteiger partial charge in [0.2, 0.25) is 0 Å². The van der Waals surface area contributed by atoms with E-state index in [2.05, 4.69) is 34.2 Å². The number of nitrogens with zero attached hydrogens (tertiary/aromatic N) is 5. The van der Waals surface area contributed by atoms with Gasteiger partial charge in [-0.3, -0.25) is 4.57 Å². The monoisotopic (exact) mass is 476 g/mol. The van der Waals surface area contributed by atoms with Gasteiger partial charge < -0.3 is 10.5 Å². The second-order valence-electron chi connectivity index (χ2n) is 9.00. The third-order valence-corrected chi connectivity index (χ3v) is 6.82. The van der Waals surface area contributed by atoms with Crippen molar-refractivity contribution in [3.63, 3.8) is 0 Å². The number of ether oxygens (including phenoxy) is 1. The van der Waals surface area contributed by atoms with Crippen LogP contribution in [0.2, 0.25) is 0 Å². The fraction of sp³-hybridized carbons (Fsp3) is 0.107.